The maximum Gasteiger partial charge on any atom is 0.307 e. The molecule has 6 heteroatoms. The van der Waals surface area contributed by atoms with Gasteiger partial charge in [0, 0.05) is 25.1 Å². The van der Waals surface area contributed by atoms with E-state index in [-0.39, 0.29) is 18.0 Å². The highest BCUT2D eigenvalue weighted by molar-refractivity contribution is 5.77. The summed E-state index contributed by atoms with van der Waals surface area (Å²) in [6.07, 6.45) is 0.298. The third kappa shape index (κ3) is 5.39. The molecule has 0 saturated heterocycles. The fourth-order valence-electron chi connectivity index (χ4n) is 2.71. The number of Topliss-reactive ketones (excluding diaryl/α,β-unsaturated/α-hetero) is 1. The van der Waals surface area contributed by atoms with Crippen LogP contribution in [0.3, 0.4) is 0 Å². The first-order chi connectivity index (χ1) is 12.4. The zero-order chi connectivity index (χ0) is 19.1. The standard InChI is InChI=1S/C20H22FNO4/c1-13(23)7-8-22-12-15-11-16(21)4-5-17(15)18-9-14(10-20(24)25)3-6-19(18)26-2/h3-6,9,11,22H,7-8,10,12H2,1-2H3,(H,24,25). The number of hydrogen-bond donors (Lipinski definition) is 2. The lowest BCUT2D eigenvalue weighted by atomic mass is 9.96. The van der Waals surface area contributed by atoms with Gasteiger partial charge in [-0.3, -0.25) is 9.59 Å². The number of aliphatic carboxylic acids is 1. The molecule has 138 valence electrons. The van der Waals surface area contributed by atoms with Crippen molar-refractivity contribution in [3.05, 3.63) is 53.3 Å². The van der Waals surface area contributed by atoms with Crippen molar-refractivity contribution in [2.24, 2.45) is 0 Å². The number of methoxy groups -OCH3 is 1. The quantitative estimate of drug-likeness (QED) is 0.673. The number of benzene rings is 2. The van der Waals surface area contributed by atoms with Gasteiger partial charge in [-0.05, 0) is 47.9 Å². The summed E-state index contributed by atoms with van der Waals surface area (Å²) in [5, 5.41) is 12.1. The zero-order valence-electron chi connectivity index (χ0n) is 14.8. The molecule has 26 heavy (non-hydrogen) atoms. The molecule has 0 bridgehead atoms. The number of carbonyl (C=O) groups is 2. The molecule has 2 N–H and O–H groups in total. The smallest absolute Gasteiger partial charge is 0.307 e. The van der Waals surface area contributed by atoms with Gasteiger partial charge < -0.3 is 15.2 Å². The number of rotatable bonds is 9. The van der Waals surface area contributed by atoms with Crippen LogP contribution >= 0.6 is 0 Å². The van der Waals surface area contributed by atoms with Crippen molar-refractivity contribution in [3.8, 4) is 16.9 Å². The van der Waals surface area contributed by atoms with E-state index in [4.69, 9.17) is 9.84 Å². The number of ether oxygens (including phenoxy) is 1. The summed E-state index contributed by atoms with van der Waals surface area (Å²) in [6.45, 7) is 2.41. The minimum absolute atomic E-state index is 0.0833. The van der Waals surface area contributed by atoms with Crippen LogP contribution in [-0.2, 0) is 22.6 Å². The second kappa shape index (κ2) is 9.10. The van der Waals surface area contributed by atoms with E-state index >= 15 is 0 Å². The van der Waals surface area contributed by atoms with Crippen molar-refractivity contribution in [3.63, 3.8) is 0 Å². The Hall–Kier alpha value is -2.73. The number of nitrogens with one attached hydrogen (secondary N) is 1. The number of halogens is 1. The summed E-state index contributed by atoms with van der Waals surface area (Å²) in [5.74, 6) is -0.625. The highest BCUT2D eigenvalue weighted by Crippen LogP contribution is 2.34. The first-order valence-electron chi connectivity index (χ1n) is 8.28. The van der Waals surface area contributed by atoms with Crippen molar-refractivity contribution in [1.29, 1.82) is 0 Å². The summed E-state index contributed by atoms with van der Waals surface area (Å²) >= 11 is 0. The zero-order valence-corrected chi connectivity index (χ0v) is 14.8. The predicted molar refractivity (Wildman–Crippen MR) is 96.7 cm³/mol. The van der Waals surface area contributed by atoms with Gasteiger partial charge in [0.25, 0.3) is 0 Å². The Morgan fingerprint density at radius 3 is 2.58 bits per heavy atom. The Morgan fingerprint density at radius 2 is 1.92 bits per heavy atom. The highest BCUT2D eigenvalue weighted by atomic mass is 19.1. The lowest BCUT2D eigenvalue weighted by Gasteiger charge is -2.15. The molecule has 0 aliphatic carbocycles. The Labute approximate surface area is 151 Å². The second-order valence-electron chi connectivity index (χ2n) is 6.04. The molecule has 2 rings (SSSR count). The summed E-state index contributed by atoms with van der Waals surface area (Å²) < 4.78 is 19.1. The minimum Gasteiger partial charge on any atom is -0.496 e. The van der Waals surface area contributed by atoms with Crippen LogP contribution in [0.1, 0.15) is 24.5 Å². The lowest BCUT2D eigenvalue weighted by molar-refractivity contribution is -0.136. The highest BCUT2D eigenvalue weighted by Gasteiger charge is 2.13. The summed E-state index contributed by atoms with van der Waals surface area (Å²) in [4.78, 5) is 22.0. The lowest BCUT2D eigenvalue weighted by Crippen LogP contribution is -2.17. The largest absolute Gasteiger partial charge is 0.496 e. The SMILES string of the molecule is COc1ccc(CC(=O)O)cc1-c1ccc(F)cc1CNCCC(C)=O. The Kier molecular flexibility index (Phi) is 6.86. The molecule has 0 spiro atoms. The van der Waals surface area contributed by atoms with E-state index in [1.54, 1.807) is 24.3 Å². The van der Waals surface area contributed by atoms with Crippen LogP contribution in [0.15, 0.2) is 36.4 Å². The van der Waals surface area contributed by atoms with Crippen molar-refractivity contribution in [1.82, 2.24) is 5.32 Å². The molecule has 2 aromatic carbocycles. The number of carbonyl (C=O) groups excluding carboxylic acids is 1. The third-order valence-electron chi connectivity index (χ3n) is 3.95. The molecule has 0 aliphatic heterocycles. The number of carboxylic acids is 1. The maximum atomic E-state index is 13.7. The fraction of sp³-hybridized carbons (Fsp3) is 0.300. The van der Waals surface area contributed by atoms with Gasteiger partial charge in [-0.25, -0.2) is 4.39 Å². The second-order valence-corrected chi connectivity index (χ2v) is 6.04. The van der Waals surface area contributed by atoms with Crippen LogP contribution in [0.2, 0.25) is 0 Å². The van der Waals surface area contributed by atoms with Crippen LogP contribution in [0.4, 0.5) is 4.39 Å². The van der Waals surface area contributed by atoms with Crippen LogP contribution in [0, 0.1) is 5.82 Å². The van der Waals surface area contributed by atoms with E-state index in [2.05, 4.69) is 5.32 Å². The Balaban J connectivity index is 2.37. The fourth-order valence-corrected chi connectivity index (χ4v) is 2.71. The van der Waals surface area contributed by atoms with E-state index < -0.39 is 5.97 Å². The molecule has 0 radical (unpaired) electrons. The molecule has 0 heterocycles. The average molecular weight is 359 g/mol. The van der Waals surface area contributed by atoms with E-state index in [1.807, 2.05) is 0 Å². The van der Waals surface area contributed by atoms with E-state index in [1.165, 1.54) is 26.2 Å². The molecule has 0 fully saturated rings. The average Bonchev–Trinajstić information content (AvgIpc) is 2.58. The molecule has 0 amide bonds. The molecule has 5 nitrogen and oxygen atoms in total. The van der Waals surface area contributed by atoms with Crippen LogP contribution in [-0.4, -0.2) is 30.5 Å². The van der Waals surface area contributed by atoms with E-state index in [9.17, 15) is 14.0 Å². The van der Waals surface area contributed by atoms with Crippen molar-refractivity contribution < 1.29 is 23.8 Å². The summed E-state index contributed by atoms with van der Waals surface area (Å²) in [7, 11) is 1.53. The van der Waals surface area contributed by atoms with Gasteiger partial charge in [0.05, 0.1) is 13.5 Å². The molecule has 2 aromatic rings. The molecular weight excluding hydrogens is 337 g/mol. The van der Waals surface area contributed by atoms with E-state index in [0.29, 0.717) is 42.0 Å². The predicted octanol–water partition coefficient (Wildman–Crippen LogP) is 3.20. The van der Waals surface area contributed by atoms with Gasteiger partial charge in [-0.2, -0.15) is 0 Å². The summed E-state index contributed by atoms with van der Waals surface area (Å²) in [5.41, 5.74) is 2.80. The van der Waals surface area contributed by atoms with Crippen LogP contribution in [0.25, 0.3) is 11.1 Å². The van der Waals surface area contributed by atoms with Crippen LogP contribution in [0.5, 0.6) is 5.75 Å². The molecule has 0 aliphatic rings. The van der Waals surface area contributed by atoms with Gasteiger partial charge >= 0.3 is 5.97 Å². The number of hydrogen-bond acceptors (Lipinski definition) is 4. The molecule has 0 unspecified atom stereocenters. The number of carboxylic acid groups (broad SMARTS) is 1. The molecule has 0 saturated carbocycles. The Bertz CT molecular complexity index is 804. The molecule has 0 aromatic heterocycles. The van der Waals surface area contributed by atoms with Crippen molar-refractivity contribution in [2.75, 3.05) is 13.7 Å². The Morgan fingerprint density at radius 1 is 1.15 bits per heavy atom. The maximum absolute atomic E-state index is 13.7. The first-order valence-corrected chi connectivity index (χ1v) is 8.28. The molecule has 0 atom stereocenters. The topological polar surface area (TPSA) is 75.6 Å². The summed E-state index contributed by atoms with van der Waals surface area (Å²) in [6, 6.07) is 9.60. The van der Waals surface area contributed by atoms with Crippen LogP contribution < -0.4 is 10.1 Å². The van der Waals surface area contributed by atoms with Gasteiger partial charge in [0.2, 0.25) is 0 Å². The first kappa shape index (κ1) is 19.6. The van der Waals surface area contributed by atoms with Gasteiger partial charge in [0.1, 0.15) is 17.3 Å². The normalized spacial score (nSPS) is 10.6. The van der Waals surface area contributed by atoms with Crippen molar-refractivity contribution in [2.45, 2.75) is 26.3 Å². The minimum atomic E-state index is -0.925. The van der Waals surface area contributed by atoms with Gasteiger partial charge in [-0.15, -0.1) is 0 Å². The third-order valence-corrected chi connectivity index (χ3v) is 3.95. The van der Waals surface area contributed by atoms with E-state index in [0.717, 1.165) is 5.56 Å². The molecular formula is C20H22FNO4. The monoisotopic (exact) mass is 359 g/mol. The van der Waals surface area contributed by atoms with Crippen molar-refractivity contribution >= 4 is 11.8 Å². The van der Waals surface area contributed by atoms with Gasteiger partial charge in [0.15, 0.2) is 0 Å². The number of ketones is 1. The van der Waals surface area contributed by atoms with Gasteiger partial charge in [-0.1, -0.05) is 12.1 Å².